The van der Waals surface area contributed by atoms with Crippen molar-refractivity contribution in [3.8, 4) is 16.9 Å². The molecule has 0 amide bonds. The summed E-state index contributed by atoms with van der Waals surface area (Å²) in [5, 5.41) is 10.5. The highest BCUT2D eigenvalue weighted by molar-refractivity contribution is 7.99. The average molecular weight is 429 g/mol. The summed E-state index contributed by atoms with van der Waals surface area (Å²) in [4.78, 5) is 13.4. The highest BCUT2D eigenvalue weighted by atomic mass is 32.2. The van der Waals surface area contributed by atoms with Gasteiger partial charge in [-0.05, 0) is 35.7 Å². The van der Waals surface area contributed by atoms with Crippen LogP contribution >= 0.6 is 11.8 Å². The van der Waals surface area contributed by atoms with Gasteiger partial charge in [0, 0.05) is 17.7 Å². The van der Waals surface area contributed by atoms with Crippen LogP contribution in [0.3, 0.4) is 0 Å². The second-order valence-corrected chi connectivity index (χ2v) is 8.20. The van der Waals surface area contributed by atoms with Gasteiger partial charge >= 0.3 is 0 Å². The van der Waals surface area contributed by atoms with Crippen molar-refractivity contribution in [2.75, 3.05) is 19.5 Å². The Labute approximate surface area is 177 Å². The van der Waals surface area contributed by atoms with Crippen molar-refractivity contribution < 1.29 is 18.6 Å². The van der Waals surface area contributed by atoms with Gasteiger partial charge in [-0.25, -0.2) is 8.78 Å². The van der Waals surface area contributed by atoms with Gasteiger partial charge in [-0.1, -0.05) is 30.3 Å². The third-order valence-electron chi connectivity index (χ3n) is 5.50. The standard InChI is InChI=1S/C23H21F2NO3S/c1-13-17(10-14-6-3-4-8-18(14)24)23-26(15(11-27)12-30-23)22(28)20(13)16-7-5-9-19(29-2)21(16)25/h3-9,15,27H,10-12H2,1-2H3. The number of fused-ring (bicyclic) bond motifs is 1. The minimum Gasteiger partial charge on any atom is -0.494 e. The van der Waals surface area contributed by atoms with Gasteiger partial charge in [0.05, 0.1) is 30.3 Å². The van der Waals surface area contributed by atoms with Gasteiger partial charge in [0.25, 0.3) is 5.56 Å². The van der Waals surface area contributed by atoms with E-state index in [0.29, 0.717) is 21.9 Å². The Bertz CT molecular complexity index is 1180. The Kier molecular flexibility index (Phi) is 5.66. The molecule has 1 unspecified atom stereocenters. The van der Waals surface area contributed by atoms with Crippen LogP contribution in [0.2, 0.25) is 0 Å². The molecule has 0 bridgehead atoms. The maximum absolute atomic E-state index is 15.1. The maximum atomic E-state index is 15.1. The number of aliphatic hydroxyl groups excluding tert-OH is 1. The summed E-state index contributed by atoms with van der Waals surface area (Å²) in [5.74, 6) is -0.388. The molecule has 7 heteroatoms. The van der Waals surface area contributed by atoms with Gasteiger partial charge < -0.3 is 9.84 Å². The number of nitrogens with zero attached hydrogens (tertiary/aromatic N) is 1. The zero-order valence-corrected chi connectivity index (χ0v) is 17.4. The van der Waals surface area contributed by atoms with E-state index in [1.807, 2.05) is 0 Å². The van der Waals surface area contributed by atoms with E-state index in [4.69, 9.17) is 4.74 Å². The van der Waals surface area contributed by atoms with Crippen molar-refractivity contribution in [2.24, 2.45) is 0 Å². The topological polar surface area (TPSA) is 51.5 Å². The first-order valence-corrected chi connectivity index (χ1v) is 10.5. The molecule has 4 rings (SSSR count). The van der Waals surface area contributed by atoms with Crippen LogP contribution in [-0.4, -0.2) is 29.1 Å². The quantitative estimate of drug-likeness (QED) is 0.656. The van der Waals surface area contributed by atoms with Crippen LogP contribution in [0.15, 0.2) is 52.3 Å². The molecule has 1 aliphatic rings. The Morgan fingerprint density at radius 1 is 1.20 bits per heavy atom. The van der Waals surface area contributed by atoms with Crippen LogP contribution in [0, 0.1) is 18.6 Å². The third-order valence-corrected chi connectivity index (χ3v) is 6.77. The summed E-state index contributed by atoms with van der Waals surface area (Å²) < 4.78 is 36.1. The molecule has 1 aromatic heterocycles. The Balaban J connectivity index is 2.01. The van der Waals surface area contributed by atoms with Crippen LogP contribution in [0.25, 0.3) is 11.1 Å². The molecule has 1 N–H and O–H groups in total. The van der Waals surface area contributed by atoms with E-state index < -0.39 is 11.9 Å². The average Bonchev–Trinajstić information content (AvgIpc) is 3.18. The summed E-state index contributed by atoms with van der Waals surface area (Å²) in [6, 6.07) is 10.7. The monoisotopic (exact) mass is 429 g/mol. The van der Waals surface area contributed by atoms with E-state index in [1.165, 1.54) is 41.6 Å². The summed E-state index contributed by atoms with van der Waals surface area (Å²) in [7, 11) is 1.37. The van der Waals surface area contributed by atoms with Crippen molar-refractivity contribution >= 4 is 11.8 Å². The molecule has 156 valence electrons. The number of halogens is 2. The first-order valence-electron chi connectivity index (χ1n) is 9.55. The van der Waals surface area contributed by atoms with Gasteiger partial charge in [0.15, 0.2) is 11.6 Å². The van der Waals surface area contributed by atoms with Gasteiger partial charge in [-0.15, -0.1) is 11.8 Å². The number of benzene rings is 2. The fraction of sp³-hybridized carbons (Fsp3) is 0.261. The van der Waals surface area contributed by atoms with E-state index in [-0.39, 0.29) is 41.3 Å². The number of hydrogen-bond acceptors (Lipinski definition) is 4. The number of ether oxygens (including phenoxy) is 1. The smallest absolute Gasteiger partial charge is 0.260 e. The molecule has 0 spiro atoms. The third kappa shape index (κ3) is 3.32. The van der Waals surface area contributed by atoms with Crippen LogP contribution < -0.4 is 10.3 Å². The molecule has 0 saturated heterocycles. The molecule has 30 heavy (non-hydrogen) atoms. The van der Waals surface area contributed by atoms with E-state index >= 15 is 4.39 Å². The fourth-order valence-corrected chi connectivity index (χ4v) is 5.30. The molecule has 0 saturated carbocycles. The second-order valence-electron chi connectivity index (χ2n) is 7.20. The SMILES string of the molecule is COc1cccc(-c2c(C)c(Cc3ccccc3F)c3n(c2=O)C(CO)CS3)c1F. The van der Waals surface area contributed by atoms with Crippen LogP contribution in [0.5, 0.6) is 5.75 Å². The molecule has 1 aliphatic heterocycles. The summed E-state index contributed by atoms with van der Waals surface area (Å²) in [5.41, 5.74) is 1.84. The van der Waals surface area contributed by atoms with E-state index in [9.17, 15) is 14.3 Å². The number of aliphatic hydroxyl groups is 1. The molecule has 3 aromatic rings. The van der Waals surface area contributed by atoms with Gasteiger partial charge in [0.1, 0.15) is 5.82 Å². The first-order chi connectivity index (χ1) is 14.5. The predicted molar refractivity (Wildman–Crippen MR) is 113 cm³/mol. The highest BCUT2D eigenvalue weighted by Crippen LogP contribution is 2.40. The van der Waals surface area contributed by atoms with Crippen LogP contribution in [-0.2, 0) is 6.42 Å². The molecular formula is C23H21F2NO3S. The van der Waals surface area contributed by atoms with Crippen LogP contribution in [0.1, 0.15) is 22.7 Å². The van der Waals surface area contributed by atoms with Crippen molar-refractivity contribution in [1.82, 2.24) is 4.57 Å². The largest absolute Gasteiger partial charge is 0.494 e. The van der Waals surface area contributed by atoms with E-state index in [1.54, 1.807) is 31.2 Å². The number of pyridine rings is 1. The lowest BCUT2D eigenvalue weighted by Crippen LogP contribution is -2.29. The molecular weight excluding hydrogens is 408 g/mol. The van der Waals surface area contributed by atoms with Crippen molar-refractivity contribution in [2.45, 2.75) is 24.4 Å². The second kappa shape index (κ2) is 8.24. The van der Waals surface area contributed by atoms with Crippen molar-refractivity contribution in [3.05, 3.63) is 81.1 Å². The van der Waals surface area contributed by atoms with Gasteiger partial charge in [-0.3, -0.25) is 9.36 Å². The number of hydrogen-bond donors (Lipinski definition) is 1. The first kappa shape index (κ1) is 20.6. The lowest BCUT2D eigenvalue weighted by Gasteiger charge is -2.20. The minimum absolute atomic E-state index is 0.0422. The molecule has 0 aliphatic carbocycles. The predicted octanol–water partition coefficient (Wildman–Crippen LogP) is 4.34. The molecule has 0 radical (unpaired) electrons. The Morgan fingerprint density at radius 3 is 2.67 bits per heavy atom. The molecule has 4 nitrogen and oxygen atoms in total. The molecule has 2 heterocycles. The number of aromatic nitrogens is 1. The molecule has 0 fully saturated rings. The Morgan fingerprint density at radius 2 is 1.97 bits per heavy atom. The number of thioether (sulfide) groups is 1. The lowest BCUT2D eigenvalue weighted by atomic mass is 9.94. The summed E-state index contributed by atoms with van der Waals surface area (Å²) >= 11 is 1.46. The molecule has 2 aromatic carbocycles. The zero-order chi connectivity index (χ0) is 21.4. The fourth-order valence-electron chi connectivity index (χ4n) is 3.92. The molecule has 1 atom stereocenters. The van der Waals surface area contributed by atoms with Crippen molar-refractivity contribution in [1.29, 1.82) is 0 Å². The van der Waals surface area contributed by atoms with Gasteiger partial charge in [0.2, 0.25) is 0 Å². The summed E-state index contributed by atoms with van der Waals surface area (Å²) in [6.45, 7) is 1.56. The summed E-state index contributed by atoms with van der Waals surface area (Å²) in [6.07, 6.45) is 0.262. The van der Waals surface area contributed by atoms with Gasteiger partial charge in [-0.2, -0.15) is 0 Å². The van der Waals surface area contributed by atoms with E-state index in [2.05, 4.69) is 0 Å². The van der Waals surface area contributed by atoms with E-state index in [0.717, 1.165) is 5.56 Å². The number of methoxy groups -OCH3 is 1. The van der Waals surface area contributed by atoms with Crippen LogP contribution in [0.4, 0.5) is 8.78 Å². The highest BCUT2D eigenvalue weighted by Gasteiger charge is 2.31. The van der Waals surface area contributed by atoms with Crippen molar-refractivity contribution in [3.63, 3.8) is 0 Å². The lowest BCUT2D eigenvalue weighted by molar-refractivity contribution is 0.237. The maximum Gasteiger partial charge on any atom is 0.260 e. The number of rotatable bonds is 5. The Hall–Kier alpha value is -2.64. The zero-order valence-electron chi connectivity index (χ0n) is 16.6. The normalized spacial score (nSPS) is 15.3. The minimum atomic E-state index is -0.621.